The standard InChI is InChI=1S/C10H14N2O2/c1-6(2)8-4-3-7(5-12-8)9(11)10(13)14/h3-6,9H,11H2,1-2H3,(H,13,14). The summed E-state index contributed by atoms with van der Waals surface area (Å²) in [6.45, 7) is 4.05. The Bertz CT molecular complexity index is 319. The Hall–Kier alpha value is -1.42. The number of hydrogen-bond donors (Lipinski definition) is 2. The first-order chi connectivity index (χ1) is 6.52. The highest BCUT2D eigenvalue weighted by Gasteiger charge is 2.14. The minimum absolute atomic E-state index is 0.338. The zero-order valence-electron chi connectivity index (χ0n) is 8.27. The molecule has 1 rings (SSSR count). The van der Waals surface area contributed by atoms with Crippen LogP contribution in [0.4, 0.5) is 0 Å². The number of aliphatic carboxylic acids is 1. The maximum absolute atomic E-state index is 10.6. The molecule has 1 atom stereocenters. The molecule has 0 aliphatic carbocycles. The Labute approximate surface area is 82.8 Å². The van der Waals surface area contributed by atoms with Crippen molar-refractivity contribution in [3.8, 4) is 0 Å². The fourth-order valence-electron chi connectivity index (χ4n) is 1.08. The number of pyridine rings is 1. The van der Waals surface area contributed by atoms with Crippen LogP contribution >= 0.6 is 0 Å². The second-order valence-corrected chi connectivity index (χ2v) is 3.49. The van der Waals surface area contributed by atoms with E-state index in [1.165, 1.54) is 6.20 Å². The first-order valence-electron chi connectivity index (χ1n) is 4.46. The summed E-state index contributed by atoms with van der Waals surface area (Å²) in [6, 6.07) is 2.54. The highest BCUT2D eigenvalue weighted by atomic mass is 16.4. The van der Waals surface area contributed by atoms with Gasteiger partial charge in [-0.2, -0.15) is 0 Å². The molecule has 0 radical (unpaired) electrons. The molecule has 4 nitrogen and oxygen atoms in total. The third-order valence-electron chi connectivity index (χ3n) is 2.03. The molecular weight excluding hydrogens is 180 g/mol. The van der Waals surface area contributed by atoms with Crippen molar-refractivity contribution in [2.24, 2.45) is 5.73 Å². The van der Waals surface area contributed by atoms with Gasteiger partial charge in [-0.3, -0.25) is 9.78 Å². The van der Waals surface area contributed by atoms with Crippen molar-refractivity contribution < 1.29 is 9.90 Å². The maximum Gasteiger partial charge on any atom is 0.325 e. The number of rotatable bonds is 3. The normalized spacial score (nSPS) is 12.9. The average Bonchev–Trinajstić information content (AvgIpc) is 2.16. The van der Waals surface area contributed by atoms with Gasteiger partial charge in [0.15, 0.2) is 0 Å². The van der Waals surface area contributed by atoms with Gasteiger partial charge in [0.05, 0.1) is 0 Å². The van der Waals surface area contributed by atoms with Crippen molar-refractivity contribution in [2.45, 2.75) is 25.8 Å². The number of carbonyl (C=O) groups is 1. The molecular formula is C10H14N2O2. The van der Waals surface area contributed by atoms with Gasteiger partial charge in [-0.1, -0.05) is 19.9 Å². The summed E-state index contributed by atoms with van der Waals surface area (Å²) in [5.41, 5.74) is 6.89. The van der Waals surface area contributed by atoms with Crippen LogP contribution in [0.25, 0.3) is 0 Å². The van der Waals surface area contributed by atoms with Crippen LogP contribution in [0.2, 0.25) is 0 Å². The van der Waals surface area contributed by atoms with Gasteiger partial charge in [0.25, 0.3) is 0 Å². The molecule has 0 amide bonds. The van der Waals surface area contributed by atoms with Crippen LogP contribution in [-0.2, 0) is 4.79 Å². The molecule has 0 aromatic carbocycles. The van der Waals surface area contributed by atoms with Crippen molar-refractivity contribution in [2.75, 3.05) is 0 Å². The lowest BCUT2D eigenvalue weighted by atomic mass is 10.1. The van der Waals surface area contributed by atoms with E-state index in [2.05, 4.69) is 4.98 Å². The Kier molecular flexibility index (Phi) is 3.19. The van der Waals surface area contributed by atoms with E-state index in [0.717, 1.165) is 5.69 Å². The number of nitrogens with zero attached hydrogens (tertiary/aromatic N) is 1. The van der Waals surface area contributed by atoms with E-state index in [9.17, 15) is 4.79 Å². The van der Waals surface area contributed by atoms with Crippen LogP contribution in [0.5, 0.6) is 0 Å². The molecule has 1 aromatic heterocycles. The van der Waals surface area contributed by atoms with E-state index in [-0.39, 0.29) is 0 Å². The third-order valence-corrected chi connectivity index (χ3v) is 2.03. The predicted molar refractivity (Wildman–Crippen MR) is 52.9 cm³/mol. The summed E-state index contributed by atoms with van der Waals surface area (Å²) in [4.78, 5) is 14.7. The van der Waals surface area contributed by atoms with Crippen LogP contribution in [0.15, 0.2) is 18.3 Å². The number of carboxylic acid groups (broad SMARTS) is 1. The molecule has 0 spiro atoms. The number of nitrogens with two attached hydrogens (primary N) is 1. The summed E-state index contributed by atoms with van der Waals surface area (Å²) in [7, 11) is 0. The van der Waals surface area contributed by atoms with Gasteiger partial charge in [-0.25, -0.2) is 0 Å². The van der Waals surface area contributed by atoms with Gasteiger partial charge < -0.3 is 10.8 Å². The van der Waals surface area contributed by atoms with E-state index in [0.29, 0.717) is 11.5 Å². The van der Waals surface area contributed by atoms with Crippen LogP contribution in [0, 0.1) is 0 Å². The number of aromatic nitrogens is 1. The summed E-state index contributed by atoms with van der Waals surface area (Å²) in [6.07, 6.45) is 1.52. The molecule has 4 heteroatoms. The van der Waals surface area contributed by atoms with Crippen LogP contribution in [-0.4, -0.2) is 16.1 Å². The first kappa shape index (κ1) is 10.7. The fourth-order valence-corrected chi connectivity index (χ4v) is 1.08. The lowest BCUT2D eigenvalue weighted by Gasteiger charge is -2.08. The zero-order valence-corrected chi connectivity index (χ0v) is 8.27. The minimum Gasteiger partial charge on any atom is -0.480 e. The largest absolute Gasteiger partial charge is 0.480 e. The average molecular weight is 194 g/mol. The van der Waals surface area contributed by atoms with Crippen molar-refractivity contribution in [3.05, 3.63) is 29.6 Å². The Morgan fingerprint density at radius 3 is 2.50 bits per heavy atom. The predicted octanol–water partition coefficient (Wildman–Crippen LogP) is 1.29. The van der Waals surface area contributed by atoms with Crippen LogP contribution in [0.1, 0.15) is 37.1 Å². The fraction of sp³-hybridized carbons (Fsp3) is 0.400. The molecule has 14 heavy (non-hydrogen) atoms. The molecule has 0 saturated heterocycles. The number of hydrogen-bond acceptors (Lipinski definition) is 3. The lowest BCUT2D eigenvalue weighted by Crippen LogP contribution is -2.20. The molecule has 1 heterocycles. The van der Waals surface area contributed by atoms with Gasteiger partial charge in [0.2, 0.25) is 0 Å². The van der Waals surface area contributed by atoms with E-state index in [4.69, 9.17) is 10.8 Å². The summed E-state index contributed by atoms with van der Waals surface area (Å²) in [5.74, 6) is -0.700. The van der Waals surface area contributed by atoms with E-state index >= 15 is 0 Å². The van der Waals surface area contributed by atoms with Crippen molar-refractivity contribution in [3.63, 3.8) is 0 Å². The van der Waals surface area contributed by atoms with Crippen LogP contribution < -0.4 is 5.73 Å². The van der Waals surface area contributed by atoms with E-state index in [1.54, 1.807) is 6.07 Å². The maximum atomic E-state index is 10.6. The topological polar surface area (TPSA) is 76.2 Å². The van der Waals surface area contributed by atoms with Gasteiger partial charge in [-0.15, -0.1) is 0 Å². The van der Waals surface area contributed by atoms with Crippen LogP contribution in [0.3, 0.4) is 0 Å². The molecule has 0 aliphatic heterocycles. The van der Waals surface area contributed by atoms with Gasteiger partial charge >= 0.3 is 5.97 Å². The summed E-state index contributed by atoms with van der Waals surface area (Å²) < 4.78 is 0. The quantitative estimate of drug-likeness (QED) is 0.760. The SMILES string of the molecule is CC(C)c1ccc(C(N)C(=O)O)cn1. The van der Waals surface area contributed by atoms with E-state index in [1.807, 2.05) is 19.9 Å². The first-order valence-corrected chi connectivity index (χ1v) is 4.46. The highest BCUT2D eigenvalue weighted by Crippen LogP contribution is 2.14. The van der Waals surface area contributed by atoms with Gasteiger partial charge in [0.1, 0.15) is 6.04 Å². The molecule has 0 aliphatic rings. The smallest absolute Gasteiger partial charge is 0.325 e. The molecule has 1 unspecified atom stereocenters. The second-order valence-electron chi connectivity index (χ2n) is 3.49. The van der Waals surface area contributed by atoms with Crippen molar-refractivity contribution in [1.82, 2.24) is 4.98 Å². The Balaban J connectivity index is 2.88. The van der Waals surface area contributed by atoms with E-state index < -0.39 is 12.0 Å². The summed E-state index contributed by atoms with van der Waals surface area (Å²) in [5, 5.41) is 8.66. The zero-order chi connectivity index (χ0) is 10.7. The van der Waals surface area contributed by atoms with Gasteiger partial charge in [-0.05, 0) is 17.5 Å². The van der Waals surface area contributed by atoms with Gasteiger partial charge in [0, 0.05) is 11.9 Å². The monoisotopic (exact) mass is 194 g/mol. The van der Waals surface area contributed by atoms with Crippen molar-refractivity contribution in [1.29, 1.82) is 0 Å². The highest BCUT2D eigenvalue weighted by molar-refractivity contribution is 5.74. The third kappa shape index (κ3) is 2.29. The lowest BCUT2D eigenvalue weighted by molar-refractivity contribution is -0.138. The minimum atomic E-state index is -1.04. The molecule has 0 saturated carbocycles. The number of carboxylic acids is 1. The molecule has 0 fully saturated rings. The molecule has 3 N–H and O–H groups in total. The Morgan fingerprint density at radius 1 is 1.50 bits per heavy atom. The molecule has 0 bridgehead atoms. The second kappa shape index (κ2) is 4.19. The van der Waals surface area contributed by atoms with Crippen molar-refractivity contribution >= 4 is 5.97 Å². The molecule has 1 aromatic rings. The summed E-state index contributed by atoms with van der Waals surface area (Å²) >= 11 is 0. The Morgan fingerprint density at radius 2 is 2.14 bits per heavy atom. The molecule has 76 valence electrons.